The first-order valence-electron chi connectivity index (χ1n) is 7.09. The van der Waals surface area contributed by atoms with Crippen LogP contribution in [0.1, 0.15) is 16.2 Å². The smallest absolute Gasteiger partial charge is 0.426 e. The summed E-state index contributed by atoms with van der Waals surface area (Å²) >= 11 is 5.70. The van der Waals surface area contributed by atoms with Crippen molar-refractivity contribution < 1.29 is 14.3 Å². The normalized spacial score (nSPS) is 10.3. The van der Waals surface area contributed by atoms with E-state index in [0.29, 0.717) is 11.4 Å². The van der Waals surface area contributed by atoms with Crippen LogP contribution in [-0.4, -0.2) is 34.2 Å². The lowest BCUT2D eigenvalue weighted by Crippen LogP contribution is -2.36. The molecule has 0 aliphatic heterocycles. The third kappa shape index (κ3) is 3.60. The average molecular weight is 353 g/mol. The Morgan fingerprint density at radius 2 is 1.92 bits per heavy atom. The fourth-order valence-electron chi connectivity index (χ4n) is 2.22. The second-order valence-electron chi connectivity index (χ2n) is 4.82. The van der Waals surface area contributed by atoms with Crippen LogP contribution in [-0.2, 0) is 11.3 Å². The first-order chi connectivity index (χ1) is 11.5. The highest BCUT2D eigenvalue weighted by atomic mass is 35.5. The SMILES string of the molecule is COC(=O)Nn1c(C(=O)Nc2ccccc2)c(C)n(CCCl)c1=O. The Kier molecular flexibility index (Phi) is 5.64. The number of halogens is 1. The van der Waals surface area contributed by atoms with Crippen molar-refractivity contribution in [1.82, 2.24) is 9.24 Å². The molecule has 0 atom stereocenters. The maximum absolute atomic E-state index is 12.6. The van der Waals surface area contributed by atoms with Gasteiger partial charge >= 0.3 is 11.8 Å². The van der Waals surface area contributed by atoms with Gasteiger partial charge in [-0.2, -0.15) is 4.68 Å². The van der Waals surface area contributed by atoms with Gasteiger partial charge in [0.1, 0.15) is 0 Å². The van der Waals surface area contributed by atoms with E-state index in [4.69, 9.17) is 11.6 Å². The fraction of sp³-hybridized carbons (Fsp3) is 0.267. The molecule has 2 N–H and O–H groups in total. The predicted octanol–water partition coefficient (Wildman–Crippen LogP) is 1.76. The minimum atomic E-state index is -0.867. The van der Waals surface area contributed by atoms with Crippen molar-refractivity contribution in [2.24, 2.45) is 0 Å². The molecule has 0 saturated heterocycles. The minimum Gasteiger partial charge on any atom is -0.452 e. The molecule has 1 heterocycles. The number of imidazole rings is 1. The van der Waals surface area contributed by atoms with Crippen molar-refractivity contribution in [3.8, 4) is 0 Å². The van der Waals surface area contributed by atoms with E-state index in [9.17, 15) is 14.4 Å². The van der Waals surface area contributed by atoms with Gasteiger partial charge in [0, 0.05) is 18.1 Å². The second kappa shape index (κ2) is 7.69. The Balaban J connectivity index is 2.46. The van der Waals surface area contributed by atoms with E-state index in [2.05, 4.69) is 15.5 Å². The van der Waals surface area contributed by atoms with Gasteiger partial charge < -0.3 is 10.1 Å². The lowest BCUT2D eigenvalue weighted by Gasteiger charge is -2.09. The number of benzene rings is 1. The highest BCUT2D eigenvalue weighted by Gasteiger charge is 2.24. The Morgan fingerprint density at radius 3 is 2.50 bits per heavy atom. The first-order valence-corrected chi connectivity index (χ1v) is 7.62. The summed E-state index contributed by atoms with van der Waals surface area (Å²) in [5, 5.41) is 2.68. The zero-order chi connectivity index (χ0) is 17.7. The van der Waals surface area contributed by atoms with Crippen LogP contribution in [0.25, 0.3) is 0 Å². The van der Waals surface area contributed by atoms with Gasteiger partial charge in [0.2, 0.25) is 0 Å². The number of carbonyl (C=O) groups excluding carboxylic acids is 2. The quantitative estimate of drug-likeness (QED) is 0.802. The number of rotatable bonds is 5. The van der Waals surface area contributed by atoms with E-state index in [0.717, 1.165) is 11.8 Å². The molecule has 24 heavy (non-hydrogen) atoms. The van der Waals surface area contributed by atoms with Crippen LogP contribution in [0.4, 0.5) is 10.5 Å². The molecule has 8 nitrogen and oxygen atoms in total. The zero-order valence-corrected chi connectivity index (χ0v) is 14.0. The van der Waals surface area contributed by atoms with Crippen LogP contribution in [0.2, 0.25) is 0 Å². The van der Waals surface area contributed by atoms with Gasteiger partial charge in [-0.15, -0.1) is 11.6 Å². The first kappa shape index (κ1) is 17.6. The molecule has 2 amide bonds. The third-order valence-corrected chi connectivity index (χ3v) is 3.51. The molecule has 1 aromatic heterocycles. The summed E-state index contributed by atoms with van der Waals surface area (Å²) in [7, 11) is 1.16. The molecule has 1 aromatic carbocycles. The lowest BCUT2D eigenvalue weighted by molar-refractivity contribution is 0.101. The number of anilines is 1. The maximum Gasteiger partial charge on any atom is 0.426 e. The number of hydrogen-bond donors (Lipinski definition) is 2. The number of aromatic nitrogens is 2. The third-order valence-electron chi connectivity index (χ3n) is 3.34. The van der Waals surface area contributed by atoms with E-state index >= 15 is 0 Å². The molecule has 0 aliphatic rings. The standard InChI is InChI=1S/C15H17ClN4O4/c1-10-12(13(21)17-11-6-4-3-5-7-11)20(18-14(22)24-2)15(23)19(10)9-8-16/h3-7H,8-9H2,1-2H3,(H,17,21)(H,18,22). The number of nitrogens with one attached hydrogen (secondary N) is 2. The van der Waals surface area contributed by atoms with Gasteiger partial charge in [0.05, 0.1) is 12.8 Å². The van der Waals surface area contributed by atoms with E-state index in [1.807, 2.05) is 6.07 Å². The van der Waals surface area contributed by atoms with Crippen LogP contribution < -0.4 is 16.4 Å². The number of carbonyl (C=O) groups is 2. The Hall–Kier alpha value is -2.74. The van der Waals surface area contributed by atoms with Gasteiger partial charge in [-0.05, 0) is 19.1 Å². The largest absolute Gasteiger partial charge is 0.452 e. The van der Waals surface area contributed by atoms with Crippen LogP contribution >= 0.6 is 11.6 Å². The highest BCUT2D eigenvalue weighted by Crippen LogP contribution is 2.11. The molecule has 128 valence electrons. The topological polar surface area (TPSA) is 94.4 Å². The molecular weight excluding hydrogens is 336 g/mol. The predicted molar refractivity (Wildman–Crippen MR) is 90.3 cm³/mol. The Labute approximate surface area is 142 Å². The van der Waals surface area contributed by atoms with Gasteiger partial charge in [0.15, 0.2) is 5.69 Å². The molecule has 0 fully saturated rings. The van der Waals surface area contributed by atoms with Gasteiger partial charge in [0.25, 0.3) is 5.91 Å². The number of para-hydroxylation sites is 1. The summed E-state index contributed by atoms with van der Waals surface area (Å²) in [6.45, 7) is 1.80. The monoisotopic (exact) mass is 352 g/mol. The summed E-state index contributed by atoms with van der Waals surface area (Å²) in [6.07, 6.45) is -0.867. The zero-order valence-electron chi connectivity index (χ0n) is 13.2. The molecule has 0 unspecified atom stereocenters. The van der Waals surface area contributed by atoms with Crippen molar-refractivity contribution in [3.63, 3.8) is 0 Å². The number of nitrogens with zero attached hydrogens (tertiary/aromatic N) is 2. The molecular formula is C15H17ClN4O4. The minimum absolute atomic E-state index is 0.000584. The van der Waals surface area contributed by atoms with Crippen molar-refractivity contribution in [2.75, 3.05) is 23.7 Å². The van der Waals surface area contributed by atoms with Crippen LogP contribution in [0.15, 0.2) is 35.1 Å². The van der Waals surface area contributed by atoms with Gasteiger partial charge in [-0.3, -0.25) is 9.36 Å². The van der Waals surface area contributed by atoms with E-state index in [1.165, 1.54) is 4.57 Å². The maximum atomic E-state index is 12.6. The molecule has 9 heteroatoms. The number of ether oxygens (including phenoxy) is 1. The molecule has 0 radical (unpaired) electrons. The van der Waals surface area contributed by atoms with Gasteiger partial charge in [-0.25, -0.2) is 15.0 Å². The van der Waals surface area contributed by atoms with Crippen LogP contribution in [0.5, 0.6) is 0 Å². The van der Waals surface area contributed by atoms with Crippen LogP contribution in [0, 0.1) is 6.92 Å². The second-order valence-corrected chi connectivity index (χ2v) is 5.19. The van der Waals surface area contributed by atoms with Crippen molar-refractivity contribution in [1.29, 1.82) is 0 Å². The highest BCUT2D eigenvalue weighted by molar-refractivity contribution is 6.17. The number of methoxy groups -OCH3 is 1. The lowest BCUT2D eigenvalue weighted by atomic mass is 10.3. The summed E-state index contributed by atoms with van der Waals surface area (Å²) in [5.41, 5.74) is 2.59. The van der Waals surface area contributed by atoms with Crippen molar-refractivity contribution >= 4 is 29.3 Å². The van der Waals surface area contributed by atoms with E-state index < -0.39 is 17.7 Å². The molecule has 2 rings (SSSR count). The number of alkyl halides is 1. The Bertz CT molecular complexity index is 798. The average Bonchev–Trinajstić information content (AvgIpc) is 2.80. The number of amides is 2. The molecule has 0 saturated carbocycles. The fourth-order valence-corrected chi connectivity index (χ4v) is 2.38. The molecule has 0 aliphatic carbocycles. The van der Waals surface area contributed by atoms with Crippen LogP contribution in [0.3, 0.4) is 0 Å². The van der Waals surface area contributed by atoms with E-state index in [-0.39, 0.29) is 18.1 Å². The van der Waals surface area contributed by atoms with Crippen molar-refractivity contribution in [2.45, 2.75) is 13.5 Å². The summed E-state index contributed by atoms with van der Waals surface area (Å²) < 4.78 is 6.66. The summed E-state index contributed by atoms with van der Waals surface area (Å²) in [6, 6.07) is 8.76. The molecule has 2 aromatic rings. The Morgan fingerprint density at radius 1 is 1.25 bits per heavy atom. The van der Waals surface area contributed by atoms with E-state index in [1.54, 1.807) is 31.2 Å². The van der Waals surface area contributed by atoms with Gasteiger partial charge in [-0.1, -0.05) is 18.2 Å². The number of hydrogen-bond acceptors (Lipinski definition) is 4. The molecule has 0 bridgehead atoms. The summed E-state index contributed by atoms with van der Waals surface area (Å²) in [4.78, 5) is 36.5. The summed E-state index contributed by atoms with van der Waals surface area (Å²) in [5.74, 6) is -0.358. The molecule has 0 spiro atoms. The van der Waals surface area contributed by atoms with Crippen molar-refractivity contribution in [3.05, 3.63) is 52.2 Å².